The summed E-state index contributed by atoms with van der Waals surface area (Å²) in [4.78, 5) is 10.4. The van der Waals surface area contributed by atoms with Crippen LogP contribution in [0.5, 0.6) is 0 Å². The van der Waals surface area contributed by atoms with E-state index in [9.17, 15) is 0 Å². The van der Waals surface area contributed by atoms with Crippen LogP contribution >= 0.6 is 24.0 Å². The lowest BCUT2D eigenvalue weighted by Gasteiger charge is -2.33. The Morgan fingerprint density at radius 1 is 1.56 bits per heavy atom. The molecule has 0 spiro atoms. The molecule has 0 saturated carbocycles. The Hall–Kier alpha value is -0.580. The van der Waals surface area contributed by atoms with E-state index in [-0.39, 0.29) is 12.4 Å². The van der Waals surface area contributed by atoms with Gasteiger partial charge in [-0.05, 0) is 37.6 Å². The maximum Gasteiger partial charge on any atom is 0.224 e. The number of anilines is 1. The molecular formula is C10H16Cl2N4. The average Bonchev–Trinajstić information content (AvgIpc) is 2.29. The SMILES string of the molecule is CN[C@H]1CCCN(c2ccnc(Cl)n2)C1.Cl. The summed E-state index contributed by atoms with van der Waals surface area (Å²) in [6.07, 6.45) is 4.12. The second kappa shape index (κ2) is 6.23. The number of piperidine rings is 1. The van der Waals surface area contributed by atoms with Crippen molar-refractivity contribution >= 4 is 29.8 Å². The van der Waals surface area contributed by atoms with Gasteiger partial charge in [-0.2, -0.15) is 0 Å². The van der Waals surface area contributed by atoms with Gasteiger partial charge in [-0.25, -0.2) is 9.97 Å². The minimum atomic E-state index is 0. The Bertz CT molecular complexity index is 334. The van der Waals surface area contributed by atoms with Gasteiger partial charge in [0.2, 0.25) is 5.28 Å². The quantitative estimate of drug-likeness (QED) is 0.825. The third-order valence-corrected chi connectivity index (χ3v) is 2.95. The lowest BCUT2D eigenvalue weighted by Crippen LogP contribution is -2.44. The lowest BCUT2D eigenvalue weighted by molar-refractivity contribution is 0.447. The van der Waals surface area contributed by atoms with Gasteiger partial charge in [-0.3, -0.25) is 0 Å². The van der Waals surface area contributed by atoms with Crippen LogP contribution in [-0.4, -0.2) is 36.1 Å². The van der Waals surface area contributed by atoms with Crippen LogP contribution < -0.4 is 10.2 Å². The number of nitrogens with one attached hydrogen (secondary N) is 1. The fraction of sp³-hybridized carbons (Fsp3) is 0.600. The summed E-state index contributed by atoms with van der Waals surface area (Å²) in [5, 5.41) is 3.62. The Balaban J connectivity index is 0.00000128. The van der Waals surface area contributed by atoms with Gasteiger partial charge in [0.15, 0.2) is 0 Å². The predicted molar refractivity (Wildman–Crippen MR) is 68.6 cm³/mol. The van der Waals surface area contributed by atoms with E-state index in [4.69, 9.17) is 11.6 Å². The van der Waals surface area contributed by atoms with Gasteiger partial charge in [0.05, 0.1) is 0 Å². The maximum atomic E-state index is 5.77. The highest BCUT2D eigenvalue weighted by atomic mass is 35.5. The second-order valence-corrected chi connectivity index (χ2v) is 4.10. The van der Waals surface area contributed by atoms with Crippen molar-refractivity contribution in [2.24, 2.45) is 0 Å². The normalized spacial score (nSPS) is 20.4. The minimum absolute atomic E-state index is 0. The molecule has 0 bridgehead atoms. The first-order chi connectivity index (χ1) is 7.29. The molecule has 0 amide bonds. The third-order valence-electron chi connectivity index (χ3n) is 2.77. The summed E-state index contributed by atoms with van der Waals surface area (Å²) >= 11 is 5.77. The molecule has 1 atom stereocenters. The fourth-order valence-corrected chi connectivity index (χ4v) is 2.07. The van der Waals surface area contributed by atoms with Gasteiger partial charge < -0.3 is 10.2 Å². The molecule has 4 nitrogen and oxygen atoms in total. The zero-order valence-electron chi connectivity index (χ0n) is 9.19. The van der Waals surface area contributed by atoms with E-state index in [2.05, 4.69) is 20.2 Å². The number of halogens is 2. The van der Waals surface area contributed by atoms with E-state index in [1.54, 1.807) is 6.20 Å². The Morgan fingerprint density at radius 3 is 3.06 bits per heavy atom. The summed E-state index contributed by atoms with van der Waals surface area (Å²) in [5.74, 6) is 0.926. The molecule has 1 fully saturated rings. The molecule has 2 rings (SSSR count). The number of likely N-dealkylation sites (N-methyl/N-ethyl adjacent to an activating group) is 1. The largest absolute Gasteiger partial charge is 0.355 e. The van der Waals surface area contributed by atoms with E-state index >= 15 is 0 Å². The van der Waals surface area contributed by atoms with Crippen molar-refractivity contribution in [3.63, 3.8) is 0 Å². The first-order valence-electron chi connectivity index (χ1n) is 5.20. The van der Waals surface area contributed by atoms with E-state index in [1.165, 1.54) is 12.8 Å². The van der Waals surface area contributed by atoms with Gasteiger partial charge in [0.25, 0.3) is 0 Å². The van der Waals surface area contributed by atoms with Crippen LogP contribution in [0.3, 0.4) is 0 Å². The van der Waals surface area contributed by atoms with E-state index in [0.29, 0.717) is 11.3 Å². The molecule has 1 N–H and O–H groups in total. The molecule has 1 aromatic heterocycles. The van der Waals surface area contributed by atoms with E-state index < -0.39 is 0 Å². The highest BCUT2D eigenvalue weighted by Gasteiger charge is 2.19. The summed E-state index contributed by atoms with van der Waals surface area (Å²) in [7, 11) is 2.00. The summed E-state index contributed by atoms with van der Waals surface area (Å²) in [5.41, 5.74) is 0. The van der Waals surface area contributed by atoms with Crippen LogP contribution in [0.15, 0.2) is 12.3 Å². The standard InChI is InChI=1S/C10H15ClN4.ClH/c1-12-8-3-2-6-15(7-8)9-4-5-13-10(11)14-9;/h4-5,8,12H,2-3,6-7H2,1H3;1H/t8-;/m0./s1. The molecule has 16 heavy (non-hydrogen) atoms. The zero-order valence-corrected chi connectivity index (χ0v) is 10.8. The number of aromatic nitrogens is 2. The van der Waals surface area contributed by atoms with Crippen molar-refractivity contribution in [1.82, 2.24) is 15.3 Å². The van der Waals surface area contributed by atoms with Gasteiger partial charge in [0, 0.05) is 25.3 Å². The highest BCUT2D eigenvalue weighted by molar-refractivity contribution is 6.28. The topological polar surface area (TPSA) is 41.0 Å². The molecule has 2 heterocycles. The molecule has 0 aromatic carbocycles. The monoisotopic (exact) mass is 262 g/mol. The van der Waals surface area contributed by atoms with Crippen molar-refractivity contribution in [1.29, 1.82) is 0 Å². The first-order valence-corrected chi connectivity index (χ1v) is 5.58. The van der Waals surface area contributed by atoms with Crippen LogP contribution in [0.4, 0.5) is 5.82 Å². The van der Waals surface area contributed by atoms with Crippen LogP contribution in [0.1, 0.15) is 12.8 Å². The first kappa shape index (κ1) is 13.5. The summed E-state index contributed by atoms with van der Waals surface area (Å²) in [6, 6.07) is 2.46. The smallest absolute Gasteiger partial charge is 0.224 e. The van der Waals surface area contributed by atoms with Crippen LogP contribution in [0.25, 0.3) is 0 Å². The van der Waals surface area contributed by atoms with E-state index in [0.717, 1.165) is 18.9 Å². The van der Waals surface area contributed by atoms with Crippen molar-refractivity contribution in [3.05, 3.63) is 17.5 Å². The molecule has 1 aliphatic rings. The van der Waals surface area contributed by atoms with Crippen molar-refractivity contribution < 1.29 is 0 Å². The van der Waals surface area contributed by atoms with Gasteiger partial charge >= 0.3 is 0 Å². The average molecular weight is 263 g/mol. The summed E-state index contributed by atoms with van der Waals surface area (Å²) < 4.78 is 0. The van der Waals surface area contributed by atoms with Crippen LogP contribution in [0.2, 0.25) is 5.28 Å². The molecular weight excluding hydrogens is 247 g/mol. The minimum Gasteiger partial charge on any atom is -0.355 e. The molecule has 0 radical (unpaired) electrons. The van der Waals surface area contributed by atoms with E-state index in [1.807, 2.05) is 13.1 Å². The van der Waals surface area contributed by atoms with Gasteiger partial charge in [0.1, 0.15) is 5.82 Å². The van der Waals surface area contributed by atoms with Crippen molar-refractivity contribution in [2.45, 2.75) is 18.9 Å². The van der Waals surface area contributed by atoms with Crippen molar-refractivity contribution in [3.8, 4) is 0 Å². The highest BCUT2D eigenvalue weighted by Crippen LogP contribution is 2.18. The summed E-state index contributed by atoms with van der Waals surface area (Å²) in [6.45, 7) is 2.04. The van der Waals surface area contributed by atoms with Crippen molar-refractivity contribution in [2.75, 3.05) is 25.0 Å². The second-order valence-electron chi connectivity index (χ2n) is 3.76. The fourth-order valence-electron chi connectivity index (χ4n) is 1.92. The molecule has 1 aromatic rings. The predicted octanol–water partition coefficient (Wildman–Crippen LogP) is 1.74. The van der Waals surface area contributed by atoms with Crippen LogP contribution in [-0.2, 0) is 0 Å². The molecule has 0 aliphatic carbocycles. The number of rotatable bonds is 2. The Morgan fingerprint density at radius 2 is 2.38 bits per heavy atom. The molecule has 6 heteroatoms. The molecule has 1 aliphatic heterocycles. The number of nitrogens with zero attached hydrogens (tertiary/aromatic N) is 3. The van der Waals surface area contributed by atoms with Gasteiger partial charge in [-0.1, -0.05) is 0 Å². The number of hydrogen-bond acceptors (Lipinski definition) is 4. The third kappa shape index (κ3) is 3.20. The Kier molecular flexibility index (Phi) is 5.25. The maximum absolute atomic E-state index is 5.77. The molecule has 0 unspecified atom stereocenters. The lowest BCUT2D eigenvalue weighted by atomic mass is 10.1. The molecule has 90 valence electrons. The molecule has 1 saturated heterocycles. The van der Waals surface area contributed by atoms with Crippen LogP contribution in [0, 0.1) is 0 Å². The van der Waals surface area contributed by atoms with Gasteiger partial charge in [-0.15, -0.1) is 12.4 Å². The number of hydrogen-bond donors (Lipinski definition) is 1. The zero-order chi connectivity index (χ0) is 10.7. The Labute approximate surface area is 107 Å².